The zero-order valence-electron chi connectivity index (χ0n) is 13.4. The molecule has 1 aliphatic heterocycles. The van der Waals surface area contributed by atoms with E-state index in [0.29, 0.717) is 6.42 Å². The summed E-state index contributed by atoms with van der Waals surface area (Å²) in [4.78, 5) is 13.9. The third-order valence-corrected chi connectivity index (χ3v) is 4.21. The van der Waals surface area contributed by atoms with Crippen LogP contribution in [0.5, 0.6) is 0 Å². The van der Waals surface area contributed by atoms with E-state index in [1.54, 1.807) is 0 Å². The Balaban J connectivity index is 2.51. The molecule has 1 aromatic carbocycles. The molecule has 3 nitrogen and oxygen atoms in total. The van der Waals surface area contributed by atoms with Crippen LogP contribution in [0.1, 0.15) is 52.5 Å². The highest BCUT2D eigenvalue weighted by Crippen LogP contribution is 2.40. The Kier molecular flexibility index (Phi) is 4.40. The Hall–Kier alpha value is -1.77. The Morgan fingerprint density at radius 3 is 2.62 bits per heavy atom. The van der Waals surface area contributed by atoms with Gasteiger partial charge in [-0.1, -0.05) is 44.0 Å². The fraction of sp³-hybridized carbons (Fsp3) is 0.500. The van der Waals surface area contributed by atoms with Crippen LogP contribution in [0.2, 0.25) is 0 Å². The predicted octanol–water partition coefficient (Wildman–Crippen LogP) is 4.33. The lowest BCUT2D eigenvalue weighted by atomic mass is 9.86. The maximum absolute atomic E-state index is 11.8. The molecule has 0 bridgehead atoms. The monoisotopic (exact) mass is 287 g/mol. The largest absolute Gasteiger partial charge is 0.480 e. The number of rotatable bonds is 5. The molecule has 1 atom stereocenters. The van der Waals surface area contributed by atoms with Crippen molar-refractivity contribution < 1.29 is 9.90 Å². The number of carbonyl (C=O) groups is 1. The molecule has 0 saturated carbocycles. The Morgan fingerprint density at radius 2 is 2.00 bits per heavy atom. The molecule has 1 heterocycles. The SMILES string of the molecule is CCCC[C@@H](C(=O)O)N1c2ccccc2C(C)=CC1(C)C. The van der Waals surface area contributed by atoms with E-state index < -0.39 is 12.0 Å². The lowest BCUT2D eigenvalue weighted by Gasteiger charge is -2.46. The molecule has 0 aliphatic carbocycles. The molecule has 1 N–H and O–H groups in total. The smallest absolute Gasteiger partial charge is 0.326 e. The molecule has 114 valence electrons. The van der Waals surface area contributed by atoms with Crippen LogP contribution in [0, 0.1) is 0 Å². The minimum Gasteiger partial charge on any atom is -0.480 e. The van der Waals surface area contributed by atoms with Gasteiger partial charge < -0.3 is 10.0 Å². The first-order valence-corrected chi connectivity index (χ1v) is 7.69. The Morgan fingerprint density at radius 1 is 1.33 bits per heavy atom. The summed E-state index contributed by atoms with van der Waals surface area (Å²) in [5.74, 6) is -0.737. The maximum Gasteiger partial charge on any atom is 0.326 e. The predicted molar refractivity (Wildman–Crippen MR) is 87.6 cm³/mol. The summed E-state index contributed by atoms with van der Waals surface area (Å²) in [5.41, 5.74) is 3.09. The van der Waals surface area contributed by atoms with E-state index in [4.69, 9.17) is 0 Å². The molecule has 3 heteroatoms. The number of hydrogen-bond acceptors (Lipinski definition) is 2. The lowest BCUT2D eigenvalue weighted by molar-refractivity contribution is -0.139. The molecule has 0 fully saturated rings. The van der Waals surface area contributed by atoms with Crippen LogP contribution in [0.3, 0.4) is 0 Å². The molecule has 21 heavy (non-hydrogen) atoms. The van der Waals surface area contributed by atoms with Crippen molar-refractivity contribution in [1.82, 2.24) is 0 Å². The van der Waals surface area contributed by atoms with Gasteiger partial charge in [0.1, 0.15) is 6.04 Å². The topological polar surface area (TPSA) is 40.5 Å². The zero-order chi connectivity index (χ0) is 15.6. The van der Waals surface area contributed by atoms with Crippen molar-refractivity contribution >= 4 is 17.2 Å². The van der Waals surface area contributed by atoms with Crippen molar-refractivity contribution in [2.24, 2.45) is 0 Å². The highest BCUT2D eigenvalue weighted by molar-refractivity contribution is 5.86. The van der Waals surface area contributed by atoms with Gasteiger partial charge in [-0.3, -0.25) is 0 Å². The van der Waals surface area contributed by atoms with Crippen molar-refractivity contribution in [2.45, 2.75) is 58.5 Å². The first-order valence-electron chi connectivity index (χ1n) is 7.69. The number of fused-ring (bicyclic) bond motifs is 1. The van der Waals surface area contributed by atoms with E-state index in [1.165, 1.54) is 5.57 Å². The zero-order valence-corrected chi connectivity index (χ0v) is 13.4. The van der Waals surface area contributed by atoms with Gasteiger partial charge in [-0.2, -0.15) is 0 Å². The van der Waals surface area contributed by atoms with Crippen molar-refractivity contribution in [2.75, 3.05) is 4.90 Å². The average molecular weight is 287 g/mol. The molecular formula is C18H25NO2. The molecule has 0 amide bonds. The standard InChI is InChI=1S/C18H25NO2/c1-5-6-10-16(17(20)21)19-15-11-8-7-9-14(15)13(2)12-18(19,3)4/h7-9,11-12,16H,5-6,10H2,1-4H3,(H,20,21)/t16-/m0/s1. The second-order valence-corrected chi connectivity index (χ2v) is 6.36. The molecule has 1 aliphatic rings. The van der Waals surface area contributed by atoms with Crippen molar-refractivity contribution in [3.8, 4) is 0 Å². The summed E-state index contributed by atoms with van der Waals surface area (Å²) in [5, 5.41) is 9.71. The molecular weight excluding hydrogens is 262 g/mol. The average Bonchev–Trinajstić information content (AvgIpc) is 2.41. The molecule has 0 spiro atoms. The third-order valence-electron chi connectivity index (χ3n) is 4.21. The number of hydrogen-bond donors (Lipinski definition) is 1. The molecule has 0 aromatic heterocycles. The molecule has 2 rings (SSSR count). The van der Waals surface area contributed by atoms with Crippen molar-refractivity contribution in [3.05, 3.63) is 35.9 Å². The minimum atomic E-state index is -0.737. The van der Waals surface area contributed by atoms with E-state index in [2.05, 4.69) is 44.7 Å². The molecule has 0 saturated heterocycles. The summed E-state index contributed by atoms with van der Waals surface area (Å²) in [6.07, 6.45) is 4.79. The first kappa shape index (κ1) is 15.6. The van der Waals surface area contributed by atoms with Crippen LogP contribution >= 0.6 is 0 Å². The van der Waals surface area contributed by atoms with E-state index in [9.17, 15) is 9.90 Å². The second-order valence-electron chi connectivity index (χ2n) is 6.36. The number of para-hydroxylation sites is 1. The van der Waals surface area contributed by atoms with Crippen LogP contribution in [0.15, 0.2) is 30.3 Å². The van der Waals surface area contributed by atoms with E-state index in [-0.39, 0.29) is 5.54 Å². The Labute approximate surface area is 127 Å². The van der Waals surface area contributed by atoms with Gasteiger partial charge in [0.15, 0.2) is 0 Å². The van der Waals surface area contributed by atoms with Gasteiger partial charge in [0.25, 0.3) is 0 Å². The summed E-state index contributed by atoms with van der Waals surface area (Å²) in [6.45, 7) is 8.38. The highest BCUT2D eigenvalue weighted by Gasteiger charge is 2.38. The highest BCUT2D eigenvalue weighted by atomic mass is 16.4. The summed E-state index contributed by atoms with van der Waals surface area (Å²) in [7, 11) is 0. The van der Waals surface area contributed by atoms with Gasteiger partial charge in [-0.15, -0.1) is 0 Å². The number of nitrogens with zero attached hydrogens (tertiary/aromatic N) is 1. The van der Waals surface area contributed by atoms with Crippen LogP contribution in [-0.2, 0) is 4.79 Å². The van der Waals surface area contributed by atoms with Gasteiger partial charge in [-0.05, 0) is 38.8 Å². The number of carboxylic acids is 1. The van der Waals surface area contributed by atoms with Crippen molar-refractivity contribution in [1.29, 1.82) is 0 Å². The minimum absolute atomic E-state index is 0.296. The van der Waals surface area contributed by atoms with E-state index >= 15 is 0 Å². The van der Waals surface area contributed by atoms with Crippen LogP contribution in [0.4, 0.5) is 5.69 Å². The van der Waals surface area contributed by atoms with Gasteiger partial charge in [0.05, 0.1) is 5.54 Å². The number of carboxylic acid groups (broad SMARTS) is 1. The van der Waals surface area contributed by atoms with Crippen LogP contribution in [0.25, 0.3) is 5.57 Å². The van der Waals surface area contributed by atoms with Gasteiger partial charge in [0.2, 0.25) is 0 Å². The van der Waals surface area contributed by atoms with Gasteiger partial charge in [-0.25, -0.2) is 4.79 Å². The number of benzene rings is 1. The van der Waals surface area contributed by atoms with Crippen molar-refractivity contribution in [3.63, 3.8) is 0 Å². The fourth-order valence-corrected chi connectivity index (χ4v) is 3.33. The Bertz CT molecular complexity index is 560. The molecule has 1 aromatic rings. The number of unbranched alkanes of at least 4 members (excludes halogenated alkanes) is 1. The maximum atomic E-state index is 11.8. The fourth-order valence-electron chi connectivity index (χ4n) is 3.33. The normalized spacial score (nSPS) is 17.9. The third kappa shape index (κ3) is 2.97. The van der Waals surface area contributed by atoms with Crippen LogP contribution < -0.4 is 4.90 Å². The molecule has 0 radical (unpaired) electrons. The van der Waals surface area contributed by atoms with Crippen LogP contribution in [-0.4, -0.2) is 22.7 Å². The van der Waals surface area contributed by atoms with E-state index in [0.717, 1.165) is 24.1 Å². The van der Waals surface area contributed by atoms with Gasteiger partial charge >= 0.3 is 5.97 Å². The van der Waals surface area contributed by atoms with Gasteiger partial charge in [0, 0.05) is 11.3 Å². The quantitative estimate of drug-likeness (QED) is 0.876. The summed E-state index contributed by atoms with van der Waals surface area (Å²) < 4.78 is 0. The summed E-state index contributed by atoms with van der Waals surface area (Å²) in [6, 6.07) is 7.62. The lowest BCUT2D eigenvalue weighted by Crippen LogP contribution is -2.54. The second kappa shape index (κ2) is 5.92. The van der Waals surface area contributed by atoms with E-state index in [1.807, 2.05) is 18.2 Å². The summed E-state index contributed by atoms with van der Waals surface area (Å²) >= 11 is 0. The number of anilines is 1. The number of aliphatic carboxylic acids is 1. The number of allylic oxidation sites excluding steroid dienone is 1. The first-order chi connectivity index (χ1) is 9.88. The molecule has 0 unspecified atom stereocenters.